The molecule has 6 heteroatoms. The number of hydrogen-bond donors (Lipinski definition) is 2. The van der Waals surface area contributed by atoms with Crippen LogP contribution in [0.25, 0.3) is 0 Å². The lowest BCUT2D eigenvalue weighted by Gasteiger charge is -2.31. The third kappa shape index (κ3) is 11.2. The standard InChI is InChI=1S/C18H38NO4P/c1-5-9-11-16(7-3)13-19(18(20)15-24(21,22)23)14-17(8-4)12-10-6-2/h16-17H,5-15H2,1-4H3,(H2,21,22,23). The summed E-state index contributed by atoms with van der Waals surface area (Å²) in [5, 5.41) is 0. The lowest BCUT2D eigenvalue weighted by Crippen LogP contribution is -2.40. The Balaban J connectivity index is 4.97. The summed E-state index contributed by atoms with van der Waals surface area (Å²) in [5.41, 5.74) is 0. The SMILES string of the molecule is CCCCC(CC)CN(CC(CC)CCCC)C(=O)CP(=O)(O)O. The Kier molecular flexibility index (Phi) is 12.7. The molecular formula is C18H38NO4P. The third-order valence-corrected chi connectivity index (χ3v) is 5.42. The maximum absolute atomic E-state index is 12.4. The summed E-state index contributed by atoms with van der Waals surface area (Å²) in [6, 6.07) is 0. The molecule has 0 heterocycles. The lowest BCUT2D eigenvalue weighted by molar-refractivity contribution is -0.130. The summed E-state index contributed by atoms with van der Waals surface area (Å²) in [6.45, 7) is 9.80. The van der Waals surface area contributed by atoms with Gasteiger partial charge in [0.15, 0.2) is 0 Å². The van der Waals surface area contributed by atoms with E-state index in [1.165, 1.54) is 0 Å². The second-order valence-electron chi connectivity index (χ2n) is 6.95. The molecule has 2 N–H and O–H groups in total. The molecule has 5 nitrogen and oxygen atoms in total. The smallest absolute Gasteiger partial charge is 0.334 e. The van der Waals surface area contributed by atoms with Crippen LogP contribution in [0.3, 0.4) is 0 Å². The van der Waals surface area contributed by atoms with Crippen LogP contribution in [0.4, 0.5) is 0 Å². The zero-order chi connectivity index (χ0) is 18.6. The van der Waals surface area contributed by atoms with Crippen LogP contribution < -0.4 is 0 Å². The van der Waals surface area contributed by atoms with Crippen molar-refractivity contribution in [2.24, 2.45) is 11.8 Å². The Morgan fingerprint density at radius 1 is 0.917 bits per heavy atom. The van der Waals surface area contributed by atoms with Gasteiger partial charge in [-0.15, -0.1) is 0 Å². The van der Waals surface area contributed by atoms with Gasteiger partial charge < -0.3 is 14.7 Å². The Hall–Kier alpha value is -0.380. The molecule has 0 aromatic carbocycles. The van der Waals surface area contributed by atoms with E-state index in [2.05, 4.69) is 27.7 Å². The van der Waals surface area contributed by atoms with E-state index in [0.29, 0.717) is 24.9 Å². The van der Waals surface area contributed by atoms with Crippen LogP contribution in [0.1, 0.15) is 79.1 Å². The number of unbranched alkanes of at least 4 members (excludes halogenated alkanes) is 2. The van der Waals surface area contributed by atoms with E-state index < -0.39 is 19.7 Å². The molecule has 0 aliphatic rings. The molecule has 0 fully saturated rings. The molecule has 1 amide bonds. The van der Waals surface area contributed by atoms with Gasteiger partial charge >= 0.3 is 7.60 Å². The van der Waals surface area contributed by atoms with Crippen molar-refractivity contribution >= 4 is 13.5 Å². The van der Waals surface area contributed by atoms with E-state index in [0.717, 1.165) is 51.4 Å². The molecule has 0 aliphatic heterocycles. The van der Waals surface area contributed by atoms with Gasteiger partial charge in [-0.05, 0) is 24.7 Å². The van der Waals surface area contributed by atoms with Crippen LogP contribution >= 0.6 is 7.60 Å². The van der Waals surface area contributed by atoms with E-state index in [1.807, 2.05) is 0 Å². The predicted molar refractivity (Wildman–Crippen MR) is 100 cm³/mol. The first kappa shape index (κ1) is 23.6. The molecule has 0 saturated heterocycles. The summed E-state index contributed by atoms with van der Waals surface area (Å²) >= 11 is 0. The molecule has 0 radical (unpaired) electrons. The molecule has 0 aliphatic carbocycles. The van der Waals surface area contributed by atoms with Crippen molar-refractivity contribution in [2.45, 2.75) is 79.1 Å². The fraction of sp³-hybridized carbons (Fsp3) is 0.944. The summed E-state index contributed by atoms with van der Waals surface area (Å²) in [6.07, 6.45) is 7.97. The number of carbonyl (C=O) groups excluding carboxylic acids is 1. The normalized spacial score (nSPS) is 14.4. The first-order chi connectivity index (χ1) is 11.3. The third-order valence-electron chi connectivity index (χ3n) is 4.74. The van der Waals surface area contributed by atoms with Crippen LogP contribution in [0.2, 0.25) is 0 Å². The molecule has 0 bridgehead atoms. The number of carbonyl (C=O) groups is 1. The fourth-order valence-electron chi connectivity index (χ4n) is 3.01. The molecule has 24 heavy (non-hydrogen) atoms. The average Bonchev–Trinajstić information content (AvgIpc) is 2.51. The molecule has 2 unspecified atom stereocenters. The Labute approximate surface area is 148 Å². The van der Waals surface area contributed by atoms with Gasteiger partial charge in [0.1, 0.15) is 6.16 Å². The zero-order valence-electron chi connectivity index (χ0n) is 16.0. The second kappa shape index (κ2) is 12.9. The van der Waals surface area contributed by atoms with Crippen LogP contribution in [0, 0.1) is 11.8 Å². The van der Waals surface area contributed by atoms with Crippen molar-refractivity contribution in [3.8, 4) is 0 Å². The summed E-state index contributed by atoms with van der Waals surface area (Å²) in [4.78, 5) is 32.5. The highest BCUT2D eigenvalue weighted by molar-refractivity contribution is 7.52. The number of amides is 1. The highest BCUT2D eigenvalue weighted by Crippen LogP contribution is 2.34. The largest absolute Gasteiger partial charge is 0.342 e. The molecule has 2 atom stereocenters. The fourth-order valence-corrected chi connectivity index (χ4v) is 3.56. The highest BCUT2D eigenvalue weighted by Gasteiger charge is 2.26. The van der Waals surface area contributed by atoms with Crippen molar-refractivity contribution in [1.82, 2.24) is 4.90 Å². The molecule has 0 aromatic heterocycles. The van der Waals surface area contributed by atoms with Gasteiger partial charge in [0.05, 0.1) is 0 Å². The van der Waals surface area contributed by atoms with Gasteiger partial charge in [-0.25, -0.2) is 0 Å². The van der Waals surface area contributed by atoms with E-state index in [1.54, 1.807) is 4.90 Å². The van der Waals surface area contributed by atoms with Crippen LogP contribution in [0.15, 0.2) is 0 Å². The number of nitrogens with zero attached hydrogens (tertiary/aromatic N) is 1. The molecule has 144 valence electrons. The van der Waals surface area contributed by atoms with Crippen molar-refractivity contribution < 1.29 is 19.1 Å². The minimum atomic E-state index is -4.31. The Morgan fingerprint density at radius 3 is 1.62 bits per heavy atom. The Bertz CT molecular complexity index is 365. The zero-order valence-corrected chi connectivity index (χ0v) is 16.9. The first-order valence-corrected chi connectivity index (χ1v) is 11.4. The van der Waals surface area contributed by atoms with Crippen molar-refractivity contribution in [1.29, 1.82) is 0 Å². The number of hydrogen-bond acceptors (Lipinski definition) is 2. The second-order valence-corrected chi connectivity index (χ2v) is 8.60. The summed E-state index contributed by atoms with van der Waals surface area (Å²) < 4.78 is 11.2. The molecule has 0 rings (SSSR count). The Morgan fingerprint density at radius 2 is 1.33 bits per heavy atom. The van der Waals surface area contributed by atoms with Gasteiger partial charge in [0, 0.05) is 13.1 Å². The van der Waals surface area contributed by atoms with E-state index in [-0.39, 0.29) is 0 Å². The molecule has 0 saturated carbocycles. The highest BCUT2D eigenvalue weighted by atomic mass is 31.2. The number of rotatable bonds is 14. The van der Waals surface area contributed by atoms with Gasteiger partial charge in [-0.2, -0.15) is 0 Å². The quantitative estimate of drug-likeness (QED) is 0.448. The van der Waals surface area contributed by atoms with E-state index in [4.69, 9.17) is 9.79 Å². The van der Waals surface area contributed by atoms with Crippen LogP contribution in [-0.4, -0.2) is 39.8 Å². The molecular weight excluding hydrogens is 325 g/mol. The van der Waals surface area contributed by atoms with Gasteiger partial charge in [0.25, 0.3) is 0 Å². The predicted octanol–water partition coefficient (Wildman–Crippen LogP) is 4.43. The van der Waals surface area contributed by atoms with Crippen LogP contribution in [-0.2, 0) is 9.36 Å². The minimum Gasteiger partial charge on any atom is -0.342 e. The van der Waals surface area contributed by atoms with Gasteiger partial charge in [0.2, 0.25) is 5.91 Å². The van der Waals surface area contributed by atoms with Gasteiger partial charge in [-0.1, -0.05) is 66.2 Å². The lowest BCUT2D eigenvalue weighted by atomic mass is 9.95. The minimum absolute atomic E-state index is 0.395. The van der Waals surface area contributed by atoms with Crippen molar-refractivity contribution in [3.63, 3.8) is 0 Å². The van der Waals surface area contributed by atoms with Crippen molar-refractivity contribution in [3.05, 3.63) is 0 Å². The van der Waals surface area contributed by atoms with E-state index in [9.17, 15) is 9.36 Å². The summed E-state index contributed by atoms with van der Waals surface area (Å²) in [7, 11) is -4.31. The summed E-state index contributed by atoms with van der Waals surface area (Å²) in [5.74, 6) is 0.428. The van der Waals surface area contributed by atoms with Gasteiger partial charge in [-0.3, -0.25) is 9.36 Å². The maximum atomic E-state index is 12.4. The molecule has 0 spiro atoms. The first-order valence-electron chi connectivity index (χ1n) is 9.59. The van der Waals surface area contributed by atoms with E-state index >= 15 is 0 Å². The topological polar surface area (TPSA) is 77.8 Å². The monoisotopic (exact) mass is 363 g/mol. The van der Waals surface area contributed by atoms with Crippen molar-refractivity contribution in [2.75, 3.05) is 19.3 Å². The van der Waals surface area contributed by atoms with Crippen LogP contribution in [0.5, 0.6) is 0 Å². The average molecular weight is 363 g/mol. The molecule has 0 aromatic rings. The maximum Gasteiger partial charge on any atom is 0.334 e.